The van der Waals surface area contributed by atoms with E-state index < -0.39 is 385 Å². The summed E-state index contributed by atoms with van der Waals surface area (Å²) in [5.74, 6) is -12.6. The van der Waals surface area contributed by atoms with Crippen molar-refractivity contribution < 1.29 is 314 Å². The van der Waals surface area contributed by atoms with Crippen LogP contribution in [0.5, 0.6) is 0 Å². The Morgan fingerprint density at radius 3 is 1.13 bits per heavy atom. The fraction of sp³-hybridized carbons (Fsp3) is 0.865. The van der Waals surface area contributed by atoms with E-state index in [4.69, 9.17) is 74.7 Å². The normalized spacial score (nSPS) is 37.1. The highest BCUT2D eigenvalue weighted by Crippen LogP contribution is 2.43. The minimum atomic E-state index is -6.47. The van der Waals surface area contributed by atoms with Gasteiger partial charge in [0.2, 0.25) is 23.9 Å². The quantitative estimate of drug-likeness (QED) is 0.0252. The van der Waals surface area contributed by atoms with E-state index in [1.54, 1.807) is 0 Å². The van der Waals surface area contributed by atoms with E-state index in [1.807, 2.05) is 10.6 Å². The highest BCUT2D eigenvalue weighted by Gasteiger charge is 2.64. The number of rotatable bonds is 44. The first kappa shape index (κ1) is 115. The van der Waals surface area contributed by atoms with Gasteiger partial charge >= 0.3 is 111 Å². The largest absolute Gasteiger partial charge is 0.479 e. The van der Waals surface area contributed by atoms with Crippen LogP contribution in [0.25, 0.3) is 0 Å². The zero-order valence-corrected chi connectivity index (χ0v) is 74.3. The molecule has 133 heavy (non-hydrogen) atoms. The average Bonchev–Trinajstić information content (AvgIpc) is 0.733. The molecule has 0 unspecified atom stereocenters. The number of carbonyl (C=O) groups is 5. The molecule has 774 valence electrons. The summed E-state index contributed by atoms with van der Waals surface area (Å²) in [7, 11) is -60.6. The lowest BCUT2D eigenvalue weighted by Gasteiger charge is -2.51. The van der Waals surface area contributed by atoms with Gasteiger partial charge in [0.25, 0.3) is 10.1 Å². The third-order valence-electron chi connectivity index (χ3n) is 18.7. The molecular weight excluding hydrogens is 2080 g/mol. The molecule has 0 spiro atoms. The first-order valence-electron chi connectivity index (χ1n) is 35.7. The van der Waals surface area contributed by atoms with Crippen LogP contribution >= 0.6 is 0 Å². The van der Waals surface area contributed by atoms with Crippen LogP contribution in [-0.4, -0.2) is 462 Å². The summed E-state index contributed by atoms with van der Waals surface area (Å²) in [4.78, 5) is 67.4. The standard InChI is InChI=1S/C52H82N2O69S10/c1-10-28(117-127(80,81)82)38(122-132(95,96)97)25(62)49(103-10)110-31(15(58)7-55)36(23(60)44(67)68)113-46-20(53-13(4)56)35(33(121-131(92,93)94)18(108-46)8-101-125(74,75)76)112-51-24(61)37(114-50-26(63)39(123-133(98,99)100)29(11(2)104-50)118-128(83,84)85)40(41(116-51)45(69)70)115-47-21(54-14(5)57)34(32(120-130(89,90)91)19(109-47)9-102-126(77,78)79)111-48-22(59)16(6-17(107-48)43(65)66)106-52-27(64)42(124(71,72)73)30(12(3)105-52)119-129(86,87)88/h6,10-12,15-16,18-42,46-52,55,58-64H,7-9H2,1-5H3,(H,53,56)(H,54,57)(H,65,66)(H,67,68)(H,69,70)(H,71,72,73)(H,74,75,76)(H,77,78,79)(H,80,81,82)(H,83,84,85)(H,86,87,88)(H,89,90,91)(H,92,93,94)(H,95,96,97)(H,98,99,100)/t10-,11-,12-,15-,16-,18-,19+,20+,21+,22+,23-,24-,25-,26-,27-,28+,29+,30+,31+,32-,33-,34+,35+,36+,37+,38-,39-,40-,41-,42-,46-,47-,48-,49-,50-,51+,52-/m0/s1. The van der Waals surface area contributed by atoms with Crippen molar-refractivity contribution in [3.8, 4) is 0 Å². The number of carbonyl (C=O) groups excluding carboxylic acids is 2. The van der Waals surface area contributed by atoms with Crippen LogP contribution in [0.1, 0.15) is 34.6 Å². The maximum Gasteiger partial charge on any atom is 0.397 e. The van der Waals surface area contributed by atoms with Gasteiger partial charge in [-0.05, 0) is 26.8 Å². The van der Waals surface area contributed by atoms with E-state index in [0.717, 1.165) is 0 Å². The lowest BCUT2D eigenvalue weighted by atomic mass is 9.93. The van der Waals surface area contributed by atoms with Gasteiger partial charge in [0, 0.05) is 13.8 Å². The molecule has 6 fully saturated rings. The third kappa shape index (κ3) is 32.7. The number of carboxylic acid groups (broad SMARTS) is 3. The number of hydrogen-bond acceptors (Lipinski definition) is 56. The van der Waals surface area contributed by atoms with E-state index in [1.165, 1.54) is 0 Å². The molecule has 7 rings (SSSR count). The molecule has 0 aromatic heterocycles. The number of ether oxygens (including phenoxy) is 14. The summed E-state index contributed by atoms with van der Waals surface area (Å²) in [5.41, 5.74) is 0. The van der Waals surface area contributed by atoms with Crippen molar-refractivity contribution in [2.45, 2.75) is 261 Å². The Morgan fingerprint density at radius 1 is 0.383 bits per heavy atom. The van der Waals surface area contributed by atoms with E-state index in [9.17, 15) is 210 Å². The first-order valence-corrected chi connectivity index (χ1v) is 49.4. The van der Waals surface area contributed by atoms with Gasteiger partial charge in [-0.3, -0.25) is 55.1 Å². The van der Waals surface area contributed by atoms with Gasteiger partial charge in [-0.25, -0.2) is 52.0 Å². The topological polar surface area (TPSA) is 1090 Å². The summed E-state index contributed by atoms with van der Waals surface area (Å²) in [6.45, 7) is -3.24. The second kappa shape index (κ2) is 44.3. The highest BCUT2D eigenvalue weighted by atomic mass is 32.3. The molecule has 0 aromatic carbocycles. The molecule has 71 nitrogen and oxygen atoms in total. The Labute approximate surface area is 746 Å². The molecule has 37 atom stereocenters. The number of aliphatic hydroxyl groups excluding tert-OH is 8. The van der Waals surface area contributed by atoms with Gasteiger partial charge in [0.05, 0.1) is 38.1 Å². The molecule has 2 amide bonds. The van der Waals surface area contributed by atoms with Crippen molar-refractivity contribution in [2.75, 3.05) is 19.8 Å². The molecule has 0 radical (unpaired) electrons. The van der Waals surface area contributed by atoms with Gasteiger partial charge in [-0.2, -0.15) is 84.2 Å². The number of nitrogens with one attached hydrogen (secondary N) is 2. The van der Waals surface area contributed by atoms with Crippen LogP contribution in [0.15, 0.2) is 11.8 Å². The Bertz CT molecular complexity index is 5360. The van der Waals surface area contributed by atoms with Crippen LogP contribution < -0.4 is 10.6 Å². The maximum absolute atomic E-state index is 14.3. The molecule has 0 saturated carbocycles. The van der Waals surface area contributed by atoms with Crippen molar-refractivity contribution in [1.82, 2.24) is 10.6 Å². The number of carboxylic acids is 3. The Hall–Kier alpha value is -5.21. The van der Waals surface area contributed by atoms with Crippen LogP contribution in [0.2, 0.25) is 0 Å². The lowest BCUT2D eigenvalue weighted by molar-refractivity contribution is -0.387. The number of amides is 2. The molecule has 81 heteroatoms. The average molecular weight is 2160 g/mol. The lowest BCUT2D eigenvalue weighted by Crippen LogP contribution is -2.72. The predicted molar refractivity (Wildman–Crippen MR) is 389 cm³/mol. The summed E-state index contributed by atoms with van der Waals surface area (Å²) < 4.78 is 465. The van der Waals surface area contributed by atoms with Crippen LogP contribution in [0.4, 0.5) is 0 Å². The van der Waals surface area contributed by atoms with Crippen LogP contribution in [0.3, 0.4) is 0 Å². The van der Waals surface area contributed by atoms with Crippen LogP contribution in [-0.2, 0) is 232 Å². The SMILES string of the molecule is CC(=O)N[C@H]1[C@H](O[C@@H]([C@H](O[C@@H]2O[C@@H](C)[C@@H](OS(=O)(=O)O)[C@@H](OS(=O)(=O)O)[C@@H]2O)[C@@H](O)CO)[C@H](O)C(=O)O)O[C@@H](COS(=O)(=O)O)[C@H](OS(=O)(=O)O)[C@@H]1O[C@@H]1O[C@H](C(=O)O)[C@@H](O[C@@H]2O[C@H](COS(=O)(=O)O)[C@H](OS(=O)(=O)O)[C@H](O[C@@H]3OC(C(=O)O)=C[C@H](O[C@@H]4O[C@@H](C)[C@@H](OS(=O)(=O)O)[C@@H](S(=O)(=O)O)[C@@H]4O)[C@H]3O)[C@H]2NC(C)=O)[C@H](O[C@@H]2O[C@@H](C)[C@@H](OS(=O)(=O)O)[C@@H](OS(=O)(=O)O)[C@@H]2O)[C@@H]1O. The van der Waals surface area contributed by atoms with Gasteiger partial charge < -0.3 is 133 Å². The Balaban J connectivity index is 1.48. The van der Waals surface area contributed by atoms with Crippen molar-refractivity contribution in [1.29, 1.82) is 0 Å². The molecular formula is C52H82N2O69S10. The molecule has 7 heterocycles. The summed E-state index contributed by atoms with van der Waals surface area (Å²) in [5, 5.41) is 126. The van der Waals surface area contributed by atoms with Crippen molar-refractivity contribution >= 4 is 133 Å². The fourth-order valence-electron chi connectivity index (χ4n) is 13.7. The molecule has 0 aromatic rings. The first-order chi connectivity index (χ1) is 60.4. The molecule has 23 N–H and O–H groups in total. The highest BCUT2D eigenvalue weighted by molar-refractivity contribution is 7.86. The molecule has 0 aliphatic carbocycles. The van der Waals surface area contributed by atoms with Crippen molar-refractivity contribution in [3.05, 3.63) is 11.8 Å². The van der Waals surface area contributed by atoms with Gasteiger partial charge in [-0.1, -0.05) is 0 Å². The Morgan fingerprint density at radius 2 is 0.729 bits per heavy atom. The number of aliphatic hydroxyl groups is 8. The monoisotopic (exact) mass is 2160 g/mol. The second-order valence-electron chi connectivity index (χ2n) is 28.3. The minimum Gasteiger partial charge on any atom is -0.479 e. The van der Waals surface area contributed by atoms with Crippen molar-refractivity contribution in [3.63, 3.8) is 0 Å². The Kier molecular flexibility index (Phi) is 38.2. The van der Waals surface area contributed by atoms with Gasteiger partial charge in [0.15, 0.2) is 49.9 Å². The summed E-state index contributed by atoms with van der Waals surface area (Å²) in [6, 6.07) is -6.08. The summed E-state index contributed by atoms with van der Waals surface area (Å²) >= 11 is 0. The molecule has 7 aliphatic heterocycles. The smallest absolute Gasteiger partial charge is 0.397 e. The van der Waals surface area contributed by atoms with E-state index in [-0.39, 0.29) is 6.08 Å². The predicted octanol–water partition coefficient (Wildman–Crippen LogP) is -15.7. The number of hydrogen-bond donors (Lipinski definition) is 23. The van der Waals surface area contributed by atoms with E-state index in [2.05, 4.69) is 29.3 Å². The zero-order chi connectivity index (χ0) is 101. The fourth-order valence-corrected chi connectivity index (χ4v) is 19.1. The minimum absolute atomic E-state index is 0.190. The maximum atomic E-state index is 14.3. The molecule has 0 bridgehead atoms. The van der Waals surface area contributed by atoms with Gasteiger partial charge in [0.1, 0.15) is 152 Å². The van der Waals surface area contributed by atoms with Crippen molar-refractivity contribution in [2.24, 2.45) is 0 Å². The number of aliphatic carboxylic acids is 3. The second-order valence-corrected chi connectivity index (χ2v) is 39.4. The molecule has 7 aliphatic rings. The van der Waals surface area contributed by atoms with E-state index in [0.29, 0.717) is 34.6 Å². The third-order valence-corrected chi connectivity index (χ3v) is 24.0. The van der Waals surface area contributed by atoms with E-state index >= 15 is 0 Å². The van der Waals surface area contributed by atoms with Crippen LogP contribution in [0, 0.1) is 0 Å². The van der Waals surface area contributed by atoms with Gasteiger partial charge in [-0.15, -0.1) is 0 Å². The summed E-state index contributed by atoms with van der Waals surface area (Å²) in [6.07, 6.45) is -104. The zero-order valence-electron chi connectivity index (χ0n) is 66.1. The molecule has 6 saturated heterocycles.